The van der Waals surface area contributed by atoms with Gasteiger partial charge in [-0.15, -0.1) is 0 Å². The van der Waals surface area contributed by atoms with Crippen LogP contribution in [0.25, 0.3) is 21.5 Å². The van der Waals surface area contributed by atoms with E-state index in [-0.39, 0.29) is 0 Å². The maximum Gasteiger partial charge on any atom is 0.0443 e. The van der Waals surface area contributed by atoms with Crippen molar-refractivity contribution in [1.82, 2.24) is 0 Å². The topological polar surface area (TPSA) is 6.48 Å². The van der Waals surface area contributed by atoms with Gasteiger partial charge in [-0.3, -0.25) is 0 Å². The highest BCUT2D eigenvalue weighted by molar-refractivity contribution is 6.07. The largest absolute Gasteiger partial charge is 0.341 e. The van der Waals surface area contributed by atoms with E-state index in [2.05, 4.69) is 109 Å². The monoisotopic (exact) mass is 468 g/mol. The number of rotatable bonds is 2. The van der Waals surface area contributed by atoms with Crippen LogP contribution in [0.5, 0.6) is 0 Å². The molecule has 0 N–H and O–H groups in total. The molecule has 2 aliphatic rings. The lowest BCUT2D eigenvalue weighted by atomic mass is 9.91. The van der Waals surface area contributed by atoms with Crippen LogP contribution in [-0.2, 0) is 12.8 Å². The van der Waals surface area contributed by atoms with Gasteiger partial charge in [0, 0.05) is 35.8 Å². The number of hydrogen-bond acceptors (Lipinski definition) is 2. The summed E-state index contributed by atoms with van der Waals surface area (Å²) in [6.07, 6.45) is 4.75. The van der Waals surface area contributed by atoms with Gasteiger partial charge in [0.15, 0.2) is 0 Å². The molecule has 7 rings (SSSR count). The van der Waals surface area contributed by atoms with Crippen LogP contribution < -0.4 is 9.80 Å². The molecule has 36 heavy (non-hydrogen) atoms. The van der Waals surface area contributed by atoms with Gasteiger partial charge in [-0.25, -0.2) is 0 Å². The number of para-hydroxylation sites is 2. The van der Waals surface area contributed by atoms with Crippen molar-refractivity contribution >= 4 is 44.3 Å². The molecular formula is C34H32N2. The van der Waals surface area contributed by atoms with Crippen LogP contribution in [0.1, 0.15) is 35.1 Å². The van der Waals surface area contributed by atoms with E-state index in [4.69, 9.17) is 0 Å². The maximum absolute atomic E-state index is 2.51. The standard InChI is InChI=1S/C34H32N2/c1-23-29-17-15-28(36-20-8-12-26-10-4-6-14-34(26)36)22-32(29)24(2)30-18-16-27(21-31(23)30)35-19-7-11-25-9-3-5-13-33(25)35/h3-6,9-10,13-18,21-22H,7-8,11-12,19-20H2,1-2H3. The molecule has 0 aliphatic carbocycles. The van der Waals surface area contributed by atoms with Gasteiger partial charge < -0.3 is 9.80 Å². The number of nitrogens with zero attached hydrogens (tertiary/aromatic N) is 2. The van der Waals surface area contributed by atoms with Crippen LogP contribution in [0.2, 0.25) is 0 Å². The quantitative estimate of drug-likeness (QED) is 0.239. The van der Waals surface area contributed by atoms with E-state index < -0.39 is 0 Å². The zero-order chi connectivity index (χ0) is 24.2. The molecule has 0 unspecified atom stereocenters. The molecule has 2 heteroatoms. The summed E-state index contributed by atoms with van der Waals surface area (Å²) in [6.45, 7) is 6.76. The minimum atomic E-state index is 1.08. The lowest BCUT2D eigenvalue weighted by Gasteiger charge is -2.32. The molecule has 0 fully saturated rings. The fraction of sp³-hybridized carbons (Fsp3) is 0.235. The van der Waals surface area contributed by atoms with E-state index in [9.17, 15) is 0 Å². The lowest BCUT2D eigenvalue weighted by molar-refractivity contribution is 0.767. The Balaban J connectivity index is 1.35. The summed E-state index contributed by atoms with van der Waals surface area (Å²) in [5.41, 5.74) is 11.0. The molecule has 2 aliphatic heterocycles. The lowest BCUT2D eigenvalue weighted by Crippen LogP contribution is -2.24. The molecule has 2 heterocycles. The molecule has 5 aromatic carbocycles. The molecular weight excluding hydrogens is 436 g/mol. The van der Waals surface area contributed by atoms with E-state index in [0.29, 0.717) is 0 Å². The summed E-state index contributed by atoms with van der Waals surface area (Å²) in [5, 5.41) is 5.48. The summed E-state index contributed by atoms with van der Waals surface area (Å²) in [4.78, 5) is 5.02. The number of aryl methyl sites for hydroxylation is 4. The predicted molar refractivity (Wildman–Crippen MR) is 154 cm³/mol. The van der Waals surface area contributed by atoms with Gasteiger partial charge in [-0.2, -0.15) is 0 Å². The first kappa shape index (κ1) is 21.5. The van der Waals surface area contributed by atoms with E-state index in [0.717, 1.165) is 13.1 Å². The molecule has 0 amide bonds. The van der Waals surface area contributed by atoms with Crippen LogP contribution in [0.3, 0.4) is 0 Å². The van der Waals surface area contributed by atoms with E-state index in [1.54, 1.807) is 0 Å². The fourth-order valence-electron chi connectivity index (χ4n) is 6.57. The summed E-state index contributed by atoms with van der Waals surface area (Å²) < 4.78 is 0. The second kappa shape index (κ2) is 8.41. The van der Waals surface area contributed by atoms with Crippen molar-refractivity contribution in [1.29, 1.82) is 0 Å². The molecule has 0 aromatic heterocycles. The van der Waals surface area contributed by atoms with Crippen LogP contribution in [0.4, 0.5) is 22.7 Å². The zero-order valence-corrected chi connectivity index (χ0v) is 21.2. The van der Waals surface area contributed by atoms with Gasteiger partial charge in [-0.1, -0.05) is 48.5 Å². The van der Waals surface area contributed by atoms with E-state index >= 15 is 0 Å². The Kier molecular flexibility index (Phi) is 5.02. The molecule has 0 atom stereocenters. The van der Waals surface area contributed by atoms with Crippen molar-refractivity contribution in [2.24, 2.45) is 0 Å². The number of fused-ring (bicyclic) bond motifs is 4. The Morgan fingerprint density at radius 2 is 0.944 bits per heavy atom. The SMILES string of the molecule is Cc1c2ccc(N3CCCc4ccccc43)cc2c(C)c2ccc(N3CCCc4ccccc43)cc12. The minimum absolute atomic E-state index is 1.08. The summed E-state index contributed by atoms with van der Waals surface area (Å²) >= 11 is 0. The molecule has 178 valence electrons. The van der Waals surface area contributed by atoms with Gasteiger partial charge in [0.2, 0.25) is 0 Å². The van der Waals surface area contributed by atoms with Crippen LogP contribution in [-0.4, -0.2) is 13.1 Å². The molecule has 5 aromatic rings. The molecule has 0 spiro atoms. The zero-order valence-electron chi connectivity index (χ0n) is 21.2. The third-order valence-corrected chi connectivity index (χ3v) is 8.47. The maximum atomic E-state index is 2.51. The Morgan fingerprint density at radius 3 is 1.42 bits per heavy atom. The fourth-order valence-corrected chi connectivity index (χ4v) is 6.57. The molecule has 0 bridgehead atoms. The Hall–Kier alpha value is -3.78. The van der Waals surface area contributed by atoms with Crippen LogP contribution in [0, 0.1) is 13.8 Å². The van der Waals surface area contributed by atoms with Crippen molar-refractivity contribution in [3.8, 4) is 0 Å². The predicted octanol–water partition coefficient (Wildman–Crippen LogP) is 8.78. The second-order valence-corrected chi connectivity index (χ2v) is 10.5. The summed E-state index contributed by atoms with van der Waals surface area (Å²) in [5.74, 6) is 0. The molecule has 0 radical (unpaired) electrons. The third kappa shape index (κ3) is 3.32. The van der Waals surface area contributed by atoms with Gasteiger partial charge >= 0.3 is 0 Å². The Morgan fingerprint density at radius 1 is 0.500 bits per heavy atom. The highest BCUT2D eigenvalue weighted by Gasteiger charge is 2.21. The van der Waals surface area contributed by atoms with Crippen LogP contribution in [0.15, 0.2) is 84.9 Å². The van der Waals surface area contributed by atoms with Crippen molar-refractivity contribution in [3.63, 3.8) is 0 Å². The van der Waals surface area contributed by atoms with E-state index in [1.165, 1.54) is 92.2 Å². The van der Waals surface area contributed by atoms with Crippen molar-refractivity contribution in [2.45, 2.75) is 39.5 Å². The number of hydrogen-bond donors (Lipinski definition) is 0. The number of anilines is 4. The molecule has 2 nitrogen and oxygen atoms in total. The average molecular weight is 469 g/mol. The summed E-state index contributed by atoms with van der Waals surface area (Å²) in [7, 11) is 0. The third-order valence-electron chi connectivity index (χ3n) is 8.47. The first-order valence-corrected chi connectivity index (χ1v) is 13.4. The molecule has 0 saturated heterocycles. The smallest absolute Gasteiger partial charge is 0.0443 e. The number of benzene rings is 5. The average Bonchev–Trinajstić information content (AvgIpc) is 2.95. The van der Waals surface area contributed by atoms with Crippen LogP contribution >= 0.6 is 0 Å². The van der Waals surface area contributed by atoms with Crippen molar-refractivity contribution in [2.75, 3.05) is 22.9 Å². The first-order valence-electron chi connectivity index (χ1n) is 13.4. The Labute approximate surface area is 213 Å². The van der Waals surface area contributed by atoms with Gasteiger partial charge in [0.05, 0.1) is 0 Å². The highest BCUT2D eigenvalue weighted by atomic mass is 15.1. The minimum Gasteiger partial charge on any atom is -0.341 e. The molecule has 0 saturated carbocycles. The van der Waals surface area contributed by atoms with Gasteiger partial charge in [0.25, 0.3) is 0 Å². The summed E-state index contributed by atoms with van der Waals surface area (Å²) in [6, 6.07) is 32.0. The normalized spacial score (nSPS) is 15.3. The van der Waals surface area contributed by atoms with Gasteiger partial charge in [-0.05, 0) is 120 Å². The van der Waals surface area contributed by atoms with Gasteiger partial charge in [0.1, 0.15) is 0 Å². The van der Waals surface area contributed by atoms with Crippen molar-refractivity contribution < 1.29 is 0 Å². The Bertz CT molecular complexity index is 1510. The first-order chi connectivity index (χ1) is 17.7. The highest BCUT2D eigenvalue weighted by Crippen LogP contribution is 2.40. The van der Waals surface area contributed by atoms with E-state index in [1.807, 2.05) is 0 Å². The second-order valence-electron chi connectivity index (χ2n) is 10.5. The van der Waals surface area contributed by atoms with Crippen molar-refractivity contribution in [3.05, 3.63) is 107 Å².